The van der Waals surface area contributed by atoms with E-state index in [9.17, 15) is 53.1 Å². The van der Waals surface area contributed by atoms with Crippen molar-refractivity contribution in [3.05, 3.63) is 54.2 Å². The van der Waals surface area contributed by atoms with Gasteiger partial charge in [-0.1, -0.05) is 32.0 Å². The number of aliphatic hydroxyl groups is 1. The zero-order chi connectivity index (χ0) is 57.1. The minimum atomic E-state index is -1.68. The van der Waals surface area contributed by atoms with E-state index in [1.807, 2.05) is 6.07 Å². The highest BCUT2D eigenvalue weighted by molar-refractivity contribution is 5.99. The highest BCUT2D eigenvalue weighted by Gasteiger charge is 2.41. The molecule has 4 heterocycles. The number of benzene rings is 1. The molecule has 426 valence electrons. The second-order valence-corrected chi connectivity index (χ2v) is 19.8. The smallest absolute Gasteiger partial charge is 0.246 e. The predicted octanol–water partition coefficient (Wildman–Crippen LogP) is -4.32. The third-order valence-electron chi connectivity index (χ3n) is 13.5. The molecule has 0 aliphatic carbocycles. The first-order valence-corrected chi connectivity index (χ1v) is 26.1. The number of nitrogens with two attached hydrogens (primary N) is 4. The lowest BCUT2D eigenvalue weighted by atomic mass is 10.0. The van der Waals surface area contributed by atoms with E-state index in [0.29, 0.717) is 43.4 Å². The Balaban J connectivity index is 1.47. The molecule has 2 aliphatic rings. The Kier molecular flexibility index (Phi) is 22.9. The van der Waals surface area contributed by atoms with Gasteiger partial charge < -0.3 is 85.4 Å². The molecule has 2 fully saturated rings. The van der Waals surface area contributed by atoms with Crippen LogP contribution in [0.4, 0.5) is 0 Å². The molecule has 3 aromatic rings. The molecule has 28 nitrogen and oxygen atoms in total. The largest absolute Gasteiger partial charge is 0.394 e. The summed E-state index contributed by atoms with van der Waals surface area (Å²) in [6.07, 6.45) is 5.87. The lowest BCUT2D eigenvalue weighted by Crippen LogP contribution is -2.61. The molecule has 0 bridgehead atoms. The first-order valence-electron chi connectivity index (χ1n) is 26.1. The number of aromatic nitrogens is 3. The van der Waals surface area contributed by atoms with Crippen molar-refractivity contribution in [2.24, 2.45) is 33.8 Å². The van der Waals surface area contributed by atoms with Gasteiger partial charge in [0, 0.05) is 61.5 Å². The fourth-order valence-corrected chi connectivity index (χ4v) is 9.05. The first-order chi connectivity index (χ1) is 37.2. The number of aromatic amines is 2. The van der Waals surface area contributed by atoms with E-state index in [2.05, 4.69) is 62.5 Å². The summed E-state index contributed by atoms with van der Waals surface area (Å²) in [5.41, 5.74) is 24.6. The zero-order valence-electron chi connectivity index (χ0n) is 44.1. The summed E-state index contributed by atoms with van der Waals surface area (Å²) in [6, 6.07) is -4.84. The summed E-state index contributed by atoms with van der Waals surface area (Å²) in [5, 5.41) is 32.0. The average molecular weight is 1090 g/mol. The molecule has 2 aromatic heterocycles. The summed E-state index contributed by atoms with van der Waals surface area (Å²) in [7, 11) is 0. The van der Waals surface area contributed by atoms with Crippen LogP contribution < -0.4 is 65.5 Å². The van der Waals surface area contributed by atoms with Gasteiger partial charge in [-0.3, -0.25) is 52.9 Å². The van der Waals surface area contributed by atoms with Crippen LogP contribution >= 0.6 is 0 Å². The lowest BCUT2D eigenvalue weighted by molar-refractivity contribution is -0.142. The number of guanidine groups is 1. The molecule has 78 heavy (non-hydrogen) atoms. The minimum Gasteiger partial charge on any atom is -0.394 e. The molecular weight excluding hydrogens is 1010 g/mol. The van der Waals surface area contributed by atoms with E-state index < -0.39 is 132 Å². The van der Waals surface area contributed by atoms with E-state index in [1.165, 1.54) is 24.3 Å². The van der Waals surface area contributed by atoms with Gasteiger partial charge in [-0.2, -0.15) is 0 Å². The van der Waals surface area contributed by atoms with Gasteiger partial charge in [0.05, 0.1) is 25.4 Å². The zero-order valence-corrected chi connectivity index (χ0v) is 44.1. The van der Waals surface area contributed by atoms with E-state index in [0.717, 1.165) is 10.9 Å². The Bertz CT molecular complexity index is 2620. The maximum absolute atomic E-state index is 14.8. The topological polar surface area (TPSA) is 451 Å². The van der Waals surface area contributed by atoms with E-state index in [1.54, 1.807) is 38.2 Å². The molecule has 9 atom stereocenters. The van der Waals surface area contributed by atoms with Crippen molar-refractivity contribution in [2.45, 2.75) is 146 Å². The van der Waals surface area contributed by atoms with Gasteiger partial charge in [-0.15, -0.1) is 0 Å². The number of aliphatic hydroxyl groups excluding tert-OH is 1. The number of H-pyrrole nitrogens is 2. The Labute approximate surface area is 450 Å². The number of para-hydroxylation sites is 1. The third kappa shape index (κ3) is 17.7. The fraction of sp³-hybridized carbons (Fsp3) is 0.560. The van der Waals surface area contributed by atoms with Crippen molar-refractivity contribution < 1.29 is 53.1 Å². The van der Waals surface area contributed by atoms with Gasteiger partial charge in [0.1, 0.15) is 48.3 Å². The van der Waals surface area contributed by atoms with Crippen LogP contribution in [-0.2, 0) is 60.8 Å². The summed E-state index contributed by atoms with van der Waals surface area (Å²) in [6.45, 7) is 3.94. The van der Waals surface area contributed by atoms with Gasteiger partial charge in [0.2, 0.25) is 59.1 Å². The van der Waals surface area contributed by atoms with E-state index >= 15 is 0 Å². The van der Waals surface area contributed by atoms with Crippen molar-refractivity contribution in [3.63, 3.8) is 0 Å². The van der Waals surface area contributed by atoms with Gasteiger partial charge in [0.15, 0.2) is 5.96 Å². The molecule has 2 saturated heterocycles. The van der Waals surface area contributed by atoms with Gasteiger partial charge in [-0.25, -0.2) is 4.98 Å². The van der Waals surface area contributed by atoms with Crippen LogP contribution in [0.2, 0.25) is 0 Å². The van der Waals surface area contributed by atoms with Crippen molar-refractivity contribution in [2.75, 3.05) is 26.2 Å². The Morgan fingerprint density at radius 3 is 2.14 bits per heavy atom. The number of hydrogen-bond donors (Lipinski definition) is 15. The van der Waals surface area contributed by atoms with E-state index in [4.69, 9.17) is 22.9 Å². The molecule has 10 amide bonds. The third-order valence-corrected chi connectivity index (χ3v) is 13.5. The van der Waals surface area contributed by atoms with Crippen LogP contribution in [0.3, 0.4) is 0 Å². The summed E-state index contributed by atoms with van der Waals surface area (Å²) in [5.74, 6) is -8.87. The normalized spacial score (nSPS) is 25.6. The van der Waals surface area contributed by atoms with Crippen LogP contribution in [0.15, 0.2) is 48.0 Å². The standard InChI is InChI=1S/C50H75N17O11/c1-26(2)40-48(77)60-27(3)42(71)62-34(41(52)70)21-39(69)56-16-8-6-12-31(51)43(72)61-33(14-7-9-17-57-50(53)54)44(73)64-36(20-29-23-55-25-59-29)49(78)67-18-10-15-38(67)47(76)63-35(45(74)65-37(24-68)46(75)66-40)19-28-22-58-32-13-5-4-11-30(28)32/h4-5,11,13,22-23,25-27,31,33-38,40,58,68H,6-10,12,14-21,24,51H2,1-3H3,(H2,52,70)(H,55,59)(H,56,69)(H,60,77)(H,61,72)(H,62,71)(H,63,76)(H,64,73)(H,65,74)(H,66,75)(H4,53,54,57)/t27-,31-,33+,34-,35-,36-,37-,38-,40-/m0/s1. The van der Waals surface area contributed by atoms with E-state index in [-0.39, 0.29) is 57.7 Å². The minimum absolute atomic E-state index is 0.0767. The Hall–Kier alpha value is -8.14. The van der Waals surface area contributed by atoms with Gasteiger partial charge in [-0.05, 0) is 75.8 Å². The molecular formula is C50H75N17O11. The number of carbonyl (C=O) groups excluding carboxylic acids is 10. The number of carbonyl (C=O) groups is 10. The number of rotatable bonds is 12. The van der Waals surface area contributed by atoms with Gasteiger partial charge >= 0.3 is 0 Å². The highest BCUT2D eigenvalue weighted by Crippen LogP contribution is 2.23. The number of aliphatic imine (C=N–C) groups is 1. The SMILES string of the molecule is CC(C)[C@@H]1NC(=O)[C@H](CO)NC(=O)[C@H](Cc2c[nH]c3ccccc23)NC(=O)[C@@H]2CCCN2C(=O)[C@H](Cc2cnc[nH]2)NC(=O)[C@@H](CCCCN=C(N)N)NC(=O)[C@@H](N)CCCCNC(=O)C[C@@H](C(N)=O)NC(=O)[C@H](C)NC1=O. The molecule has 28 heteroatoms. The van der Waals surface area contributed by atoms with Crippen LogP contribution in [-0.4, -0.2) is 171 Å². The summed E-state index contributed by atoms with van der Waals surface area (Å²) >= 11 is 0. The second-order valence-electron chi connectivity index (χ2n) is 19.8. The molecule has 5 rings (SSSR count). The maximum Gasteiger partial charge on any atom is 0.246 e. The van der Waals surface area contributed by atoms with Crippen LogP contribution in [0.1, 0.15) is 89.8 Å². The fourth-order valence-electron chi connectivity index (χ4n) is 9.05. The van der Waals surface area contributed by atoms with Crippen molar-refractivity contribution in [3.8, 4) is 0 Å². The molecule has 2 aliphatic heterocycles. The number of unbranched alkanes of at least 4 members (excludes halogenated alkanes) is 1. The average Bonchev–Trinajstić information content (AvgIpc) is 4.21. The lowest BCUT2D eigenvalue weighted by Gasteiger charge is -2.31. The van der Waals surface area contributed by atoms with Crippen molar-refractivity contribution in [1.82, 2.24) is 62.4 Å². The second kappa shape index (κ2) is 29.4. The molecule has 0 unspecified atom stereocenters. The van der Waals surface area contributed by atoms with Crippen molar-refractivity contribution >= 4 is 75.9 Å². The maximum atomic E-state index is 14.8. The first kappa shape index (κ1) is 60.7. The number of amides is 10. The van der Waals surface area contributed by atoms with Crippen LogP contribution in [0.5, 0.6) is 0 Å². The molecule has 0 saturated carbocycles. The highest BCUT2D eigenvalue weighted by atomic mass is 16.3. The summed E-state index contributed by atoms with van der Waals surface area (Å²) < 4.78 is 0. The molecule has 0 spiro atoms. The van der Waals surface area contributed by atoms with Gasteiger partial charge in [0.25, 0.3) is 0 Å². The number of imidazole rings is 1. The van der Waals surface area contributed by atoms with Crippen LogP contribution in [0, 0.1) is 5.92 Å². The summed E-state index contributed by atoms with van der Waals surface area (Å²) in [4.78, 5) is 153. The number of hydrogen-bond acceptors (Lipinski definition) is 14. The Morgan fingerprint density at radius 2 is 1.45 bits per heavy atom. The van der Waals surface area contributed by atoms with Crippen LogP contribution in [0.25, 0.3) is 10.9 Å². The number of nitrogens with zero attached hydrogens (tertiary/aromatic N) is 3. The molecule has 19 N–H and O–H groups in total. The molecule has 0 radical (unpaired) electrons. The predicted molar refractivity (Wildman–Crippen MR) is 283 cm³/mol. The quantitative estimate of drug-likeness (QED) is 0.0463. The monoisotopic (exact) mass is 1090 g/mol. The number of nitrogens with one attached hydrogen (secondary N) is 10. The Morgan fingerprint density at radius 1 is 0.756 bits per heavy atom. The van der Waals surface area contributed by atoms with Crippen molar-refractivity contribution in [1.29, 1.82) is 0 Å². The number of fused-ring (bicyclic) bond motifs is 2. The molecule has 1 aromatic carbocycles. The number of primary amides is 1.